The summed E-state index contributed by atoms with van der Waals surface area (Å²) < 4.78 is 39.0. The van der Waals surface area contributed by atoms with E-state index in [1.807, 2.05) is 10.2 Å². The quantitative estimate of drug-likeness (QED) is 0.671. The van der Waals surface area contributed by atoms with Crippen LogP contribution in [0.25, 0.3) is 0 Å². The van der Waals surface area contributed by atoms with Gasteiger partial charge in [-0.15, -0.1) is 0 Å². The van der Waals surface area contributed by atoms with E-state index >= 15 is 0 Å². The molecule has 2 unspecified atom stereocenters. The minimum Gasteiger partial charge on any atom is -0.365 e. The second kappa shape index (κ2) is 9.54. The second-order valence-electron chi connectivity index (χ2n) is 9.14. The van der Waals surface area contributed by atoms with Crippen LogP contribution < -0.4 is 10.2 Å². The van der Waals surface area contributed by atoms with E-state index in [4.69, 9.17) is 0 Å². The molecule has 1 aliphatic carbocycles. The normalized spacial score (nSPS) is 23.2. The lowest BCUT2D eigenvalue weighted by Crippen LogP contribution is -2.50. The highest BCUT2D eigenvalue weighted by Crippen LogP contribution is 2.43. The summed E-state index contributed by atoms with van der Waals surface area (Å²) in [5.41, 5.74) is 0.553. The molecule has 30 heavy (non-hydrogen) atoms. The van der Waals surface area contributed by atoms with Crippen molar-refractivity contribution in [2.45, 2.75) is 58.9 Å². The summed E-state index contributed by atoms with van der Waals surface area (Å²) in [7, 11) is 0. The van der Waals surface area contributed by atoms with Crippen molar-refractivity contribution < 1.29 is 18.0 Å². The molecule has 2 atom stereocenters. The number of rotatable bonds is 7. The van der Waals surface area contributed by atoms with Crippen LogP contribution in [0.1, 0.15) is 56.9 Å². The summed E-state index contributed by atoms with van der Waals surface area (Å²) in [6.45, 7) is 9.38. The summed E-state index contributed by atoms with van der Waals surface area (Å²) >= 11 is 0. The monoisotopic (exact) mass is 426 g/mol. The Hall–Kier alpha value is -1.83. The van der Waals surface area contributed by atoms with Gasteiger partial charge in [0.25, 0.3) is 12.3 Å². The van der Waals surface area contributed by atoms with Crippen LogP contribution in [0.15, 0.2) is 12.1 Å². The number of pyridine rings is 1. The number of aromatic nitrogens is 1. The molecule has 1 N–H and O–H groups in total. The topological polar surface area (TPSA) is 48.5 Å². The molecule has 0 bridgehead atoms. The smallest absolute Gasteiger partial charge is 0.270 e. The Balaban J connectivity index is 1.54. The van der Waals surface area contributed by atoms with Crippen LogP contribution in [0.2, 0.25) is 0 Å². The van der Waals surface area contributed by atoms with Crippen molar-refractivity contribution in [3.05, 3.63) is 23.8 Å². The van der Waals surface area contributed by atoms with Gasteiger partial charge in [0.15, 0.2) is 0 Å². The van der Waals surface area contributed by atoms with Gasteiger partial charge in [-0.05, 0) is 42.7 Å². The first-order valence-corrected chi connectivity index (χ1v) is 10.9. The van der Waals surface area contributed by atoms with Crippen molar-refractivity contribution >= 4 is 11.6 Å². The molecular formula is C22H33F3N4O. The van der Waals surface area contributed by atoms with Gasteiger partial charge >= 0.3 is 0 Å². The van der Waals surface area contributed by atoms with Crippen molar-refractivity contribution in [3.63, 3.8) is 0 Å². The zero-order valence-corrected chi connectivity index (χ0v) is 18.1. The molecular weight excluding hydrogens is 393 g/mol. The van der Waals surface area contributed by atoms with E-state index in [1.165, 1.54) is 37.8 Å². The average Bonchev–Trinajstić information content (AvgIpc) is 3.23. The molecule has 0 radical (unpaired) electrons. The zero-order valence-electron chi connectivity index (χ0n) is 18.1. The number of nitrogens with one attached hydrogen (secondary N) is 1. The molecule has 8 heteroatoms. The first-order chi connectivity index (χ1) is 14.2. The number of carbonyl (C=O) groups is 1. The van der Waals surface area contributed by atoms with Crippen molar-refractivity contribution in [1.29, 1.82) is 0 Å². The van der Waals surface area contributed by atoms with Gasteiger partial charge in [0.2, 0.25) is 5.95 Å². The molecule has 3 rings (SSSR count). The third kappa shape index (κ3) is 5.25. The maximum Gasteiger partial charge on any atom is 0.270 e. The maximum atomic E-state index is 14.5. The standard InChI is InChI=1S/C22H33F3N4O/c1-4-22(2,3)15-5-6-16(13-15)28-9-11-29(12-10-28)18-8-7-17(27-20(18)25)21(30)26-14-19(23)24/h7-8,15-16,19H,4-6,9-14H2,1-3H3,(H,26,30). The molecule has 1 aliphatic heterocycles. The Morgan fingerprint density at radius 2 is 1.93 bits per heavy atom. The lowest BCUT2D eigenvalue weighted by molar-refractivity contribution is 0.0886. The summed E-state index contributed by atoms with van der Waals surface area (Å²) in [5, 5.41) is 2.04. The number of hydrogen-bond donors (Lipinski definition) is 1. The van der Waals surface area contributed by atoms with Crippen molar-refractivity contribution in [2.24, 2.45) is 11.3 Å². The molecule has 5 nitrogen and oxygen atoms in total. The molecule has 168 valence electrons. The summed E-state index contributed by atoms with van der Waals surface area (Å²) in [4.78, 5) is 20.0. The van der Waals surface area contributed by atoms with Crippen molar-refractivity contribution in [3.8, 4) is 0 Å². The Kier molecular flexibility index (Phi) is 7.26. The largest absolute Gasteiger partial charge is 0.365 e. The van der Waals surface area contributed by atoms with E-state index in [0.29, 0.717) is 30.2 Å². The Labute approximate surface area is 177 Å². The first-order valence-electron chi connectivity index (χ1n) is 10.9. The number of piperazine rings is 1. The maximum absolute atomic E-state index is 14.5. The highest BCUT2D eigenvalue weighted by Gasteiger charge is 2.37. The number of alkyl halides is 2. The Morgan fingerprint density at radius 3 is 2.53 bits per heavy atom. The predicted octanol–water partition coefficient (Wildman–Crippen LogP) is 3.94. The van der Waals surface area contributed by atoms with Gasteiger partial charge in [-0.25, -0.2) is 13.8 Å². The first kappa shape index (κ1) is 22.8. The van der Waals surface area contributed by atoms with Gasteiger partial charge < -0.3 is 10.2 Å². The van der Waals surface area contributed by atoms with Gasteiger partial charge in [0.05, 0.1) is 12.2 Å². The molecule has 1 amide bonds. The van der Waals surface area contributed by atoms with E-state index < -0.39 is 24.8 Å². The van der Waals surface area contributed by atoms with E-state index in [0.717, 1.165) is 19.0 Å². The molecule has 2 aliphatic rings. The SMILES string of the molecule is CCC(C)(C)C1CCC(N2CCN(c3ccc(C(=O)NCC(F)F)nc3F)CC2)C1. The van der Waals surface area contributed by atoms with Crippen LogP contribution in [0.5, 0.6) is 0 Å². The summed E-state index contributed by atoms with van der Waals surface area (Å²) in [6.07, 6.45) is 2.28. The van der Waals surface area contributed by atoms with Crippen LogP contribution in [0.3, 0.4) is 0 Å². The number of amides is 1. The van der Waals surface area contributed by atoms with Gasteiger partial charge in [0.1, 0.15) is 5.69 Å². The molecule has 0 spiro atoms. The van der Waals surface area contributed by atoms with Crippen molar-refractivity contribution in [1.82, 2.24) is 15.2 Å². The van der Waals surface area contributed by atoms with E-state index in [-0.39, 0.29) is 5.69 Å². The van der Waals surface area contributed by atoms with Crippen LogP contribution in [-0.4, -0.2) is 61.0 Å². The fourth-order valence-corrected chi connectivity index (χ4v) is 4.67. The minimum atomic E-state index is -2.66. The van der Waals surface area contributed by atoms with Gasteiger partial charge in [0, 0.05) is 32.2 Å². The number of halogens is 3. The Morgan fingerprint density at radius 1 is 1.23 bits per heavy atom. The molecule has 1 aromatic heterocycles. The van der Waals surface area contributed by atoms with E-state index in [9.17, 15) is 18.0 Å². The van der Waals surface area contributed by atoms with Gasteiger partial charge in [-0.3, -0.25) is 9.69 Å². The third-order valence-electron chi connectivity index (χ3n) is 7.07. The Bertz CT molecular complexity index is 735. The minimum absolute atomic E-state index is 0.189. The van der Waals surface area contributed by atoms with Crippen molar-refractivity contribution in [2.75, 3.05) is 37.6 Å². The fraction of sp³-hybridized carbons (Fsp3) is 0.727. The lowest BCUT2D eigenvalue weighted by Gasteiger charge is -2.39. The fourth-order valence-electron chi connectivity index (χ4n) is 4.67. The lowest BCUT2D eigenvalue weighted by atomic mass is 9.76. The van der Waals surface area contributed by atoms with E-state index in [2.05, 4.69) is 30.7 Å². The highest BCUT2D eigenvalue weighted by molar-refractivity contribution is 5.92. The van der Waals surface area contributed by atoms with Gasteiger partial charge in [-0.2, -0.15) is 4.39 Å². The number of anilines is 1. The molecule has 1 saturated carbocycles. The second-order valence-corrected chi connectivity index (χ2v) is 9.14. The highest BCUT2D eigenvalue weighted by atomic mass is 19.3. The van der Waals surface area contributed by atoms with Crippen LogP contribution in [0, 0.1) is 17.3 Å². The molecule has 1 saturated heterocycles. The van der Waals surface area contributed by atoms with Crippen LogP contribution in [0.4, 0.5) is 18.9 Å². The number of carbonyl (C=O) groups excluding carboxylic acids is 1. The molecule has 2 heterocycles. The van der Waals surface area contributed by atoms with Crippen LogP contribution >= 0.6 is 0 Å². The molecule has 0 aromatic carbocycles. The average molecular weight is 427 g/mol. The zero-order chi connectivity index (χ0) is 21.9. The van der Waals surface area contributed by atoms with E-state index in [1.54, 1.807) is 0 Å². The summed E-state index contributed by atoms with van der Waals surface area (Å²) in [6, 6.07) is 3.51. The predicted molar refractivity (Wildman–Crippen MR) is 112 cm³/mol. The van der Waals surface area contributed by atoms with Crippen LogP contribution in [-0.2, 0) is 0 Å². The third-order valence-corrected chi connectivity index (χ3v) is 7.07. The van der Waals surface area contributed by atoms with Gasteiger partial charge in [-0.1, -0.05) is 27.2 Å². The number of nitrogens with zero attached hydrogens (tertiary/aromatic N) is 3. The number of hydrogen-bond acceptors (Lipinski definition) is 4. The molecule has 1 aromatic rings. The molecule has 2 fully saturated rings. The summed E-state index contributed by atoms with van der Waals surface area (Å²) in [5.74, 6) is -0.772.